The Balaban J connectivity index is 1.40. The number of hydrogen-bond donors (Lipinski definition) is 6. The maximum Gasteiger partial charge on any atom is 0.330 e. The van der Waals surface area contributed by atoms with Gasteiger partial charge in [-0.2, -0.15) is 0 Å². The van der Waals surface area contributed by atoms with Crippen LogP contribution in [0.1, 0.15) is 16.7 Å². The van der Waals surface area contributed by atoms with Gasteiger partial charge in [0, 0.05) is 12.1 Å². The summed E-state index contributed by atoms with van der Waals surface area (Å²) >= 11 is 0. The first-order valence-electron chi connectivity index (χ1n) is 12.5. The number of phenols is 3. The largest absolute Gasteiger partial charge is 0.508 e. The molecule has 1 saturated heterocycles. The highest BCUT2D eigenvalue weighted by Crippen LogP contribution is 2.30. The Morgan fingerprint density at radius 1 is 0.805 bits per heavy atom. The second kappa shape index (κ2) is 13.2. The van der Waals surface area contributed by atoms with Gasteiger partial charge in [-0.25, -0.2) is 4.79 Å². The average Bonchev–Trinajstić information content (AvgIpc) is 2.95. The van der Waals surface area contributed by atoms with E-state index in [1.165, 1.54) is 49.6 Å². The standard InChI is InChI=1S/C30H30O11/c1-38-24-10-6-18(14-23(24)33)2-3-19-12-21(32)15-22(13-19)40-30-29(37)28(36)27(35)25(41-30)16-39-26(34)11-7-17-4-8-20(31)9-5-17/h2-15,25,27-33,35-37H,16H2,1H3. The number of methoxy groups -OCH3 is 1. The Bertz CT molecular complexity index is 1400. The van der Waals surface area contributed by atoms with Crippen molar-refractivity contribution in [1.82, 2.24) is 0 Å². The van der Waals surface area contributed by atoms with Crippen molar-refractivity contribution < 1.29 is 54.4 Å². The molecule has 216 valence electrons. The van der Waals surface area contributed by atoms with Crippen LogP contribution in [0.25, 0.3) is 18.2 Å². The summed E-state index contributed by atoms with van der Waals surface area (Å²) in [6.45, 7) is -0.452. The van der Waals surface area contributed by atoms with Crippen molar-refractivity contribution in [2.24, 2.45) is 0 Å². The minimum atomic E-state index is -1.68. The molecule has 11 heteroatoms. The number of hydrogen-bond acceptors (Lipinski definition) is 11. The molecule has 0 bridgehead atoms. The maximum absolute atomic E-state index is 12.1. The lowest BCUT2D eigenvalue weighted by atomic mass is 9.99. The Labute approximate surface area is 235 Å². The molecule has 0 spiro atoms. The lowest BCUT2D eigenvalue weighted by molar-refractivity contribution is -0.278. The molecule has 1 aliphatic rings. The number of carbonyl (C=O) groups excluding carboxylic acids is 1. The molecule has 3 aromatic rings. The average molecular weight is 567 g/mol. The first kappa shape index (κ1) is 29.4. The van der Waals surface area contributed by atoms with Crippen molar-refractivity contribution in [3.05, 3.63) is 83.4 Å². The lowest BCUT2D eigenvalue weighted by Crippen LogP contribution is -2.60. The van der Waals surface area contributed by atoms with Gasteiger partial charge in [-0.3, -0.25) is 0 Å². The van der Waals surface area contributed by atoms with Gasteiger partial charge >= 0.3 is 5.97 Å². The number of rotatable bonds is 9. The van der Waals surface area contributed by atoms with Gasteiger partial charge in [0.05, 0.1) is 7.11 Å². The van der Waals surface area contributed by atoms with Gasteiger partial charge in [0.1, 0.15) is 48.3 Å². The van der Waals surface area contributed by atoms with E-state index in [0.717, 1.165) is 6.08 Å². The zero-order valence-electron chi connectivity index (χ0n) is 21.9. The smallest absolute Gasteiger partial charge is 0.330 e. The van der Waals surface area contributed by atoms with Crippen LogP contribution in [0.3, 0.4) is 0 Å². The van der Waals surface area contributed by atoms with Crippen LogP contribution in [0.2, 0.25) is 0 Å². The Morgan fingerprint density at radius 2 is 1.51 bits per heavy atom. The fourth-order valence-corrected chi connectivity index (χ4v) is 4.02. The summed E-state index contributed by atoms with van der Waals surface area (Å²) in [5.41, 5.74) is 1.81. The molecule has 0 radical (unpaired) electrons. The monoisotopic (exact) mass is 566 g/mol. The molecule has 11 nitrogen and oxygen atoms in total. The van der Waals surface area contributed by atoms with Crippen molar-refractivity contribution in [2.45, 2.75) is 30.7 Å². The van der Waals surface area contributed by atoms with E-state index in [9.17, 15) is 35.4 Å². The van der Waals surface area contributed by atoms with Gasteiger partial charge in [0.25, 0.3) is 0 Å². The van der Waals surface area contributed by atoms with Crippen LogP contribution in [0.15, 0.2) is 66.7 Å². The third-order valence-electron chi connectivity index (χ3n) is 6.20. The normalized spacial score (nSPS) is 22.6. The van der Waals surface area contributed by atoms with E-state index < -0.39 is 43.3 Å². The number of aliphatic hydroxyl groups is 3. The predicted octanol–water partition coefficient (Wildman–Crippen LogP) is 2.43. The van der Waals surface area contributed by atoms with Gasteiger partial charge < -0.3 is 49.6 Å². The highest BCUT2D eigenvalue weighted by Gasteiger charge is 2.45. The zero-order chi connectivity index (χ0) is 29.5. The highest BCUT2D eigenvalue weighted by atomic mass is 16.7. The lowest BCUT2D eigenvalue weighted by Gasteiger charge is -2.39. The van der Waals surface area contributed by atoms with Crippen molar-refractivity contribution in [1.29, 1.82) is 0 Å². The van der Waals surface area contributed by atoms with Crippen LogP contribution in [0, 0.1) is 0 Å². The Morgan fingerprint density at radius 3 is 2.22 bits per heavy atom. The van der Waals surface area contributed by atoms with Crippen LogP contribution < -0.4 is 9.47 Å². The van der Waals surface area contributed by atoms with Crippen molar-refractivity contribution in [3.8, 4) is 28.7 Å². The zero-order valence-corrected chi connectivity index (χ0v) is 21.9. The molecule has 6 N–H and O–H groups in total. The van der Waals surface area contributed by atoms with Gasteiger partial charge in [0.15, 0.2) is 11.5 Å². The van der Waals surface area contributed by atoms with E-state index in [1.807, 2.05) is 0 Å². The molecule has 1 heterocycles. The summed E-state index contributed by atoms with van der Waals surface area (Å²) in [5.74, 6) is -0.446. The molecule has 0 amide bonds. The van der Waals surface area contributed by atoms with E-state index in [0.29, 0.717) is 22.4 Å². The third kappa shape index (κ3) is 7.77. The summed E-state index contributed by atoms with van der Waals surface area (Å²) in [6.07, 6.45) is -1.67. The summed E-state index contributed by atoms with van der Waals surface area (Å²) in [6, 6.07) is 15.2. The minimum absolute atomic E-state index is 0.0349. The maximum atomic E-state index is 12.1. The fraction of sp³-hybridized carbons (Fsp3) is 0.233. The van der Waals surface area contributed by atoms with Crippen LogP contribution in [0.5, 0.6) is 28.7 Å². The fourth-order valence-electron chi connectivity index (χ4n) is 4.02. The number of carbonyl (C=O) groups is 1. The van der Waals surface area contributed by atoms with E-state index >= 15 is 0 Å². The summed E-state index contributed by atoms with van der Waals surface area (Å²) in [5, 5.41) is 60.7. The molecule has 0 saturated carbocycles. The second-order valence-electron chi connectivity index (χ2n) is 9.21. The Kier molecular flexibility index (Phi) is 9.48. The van der Waals surface area contributed by atoms with Crippen molar-refractivity contribution >= 4 is 24.2 Å². The van der Waals surface area contributed by atoms with Crippen LogP contribution in [-0.2, 0) is 14.3 Å². The molecule has 5 unspecified atom stereocenters. The predicted molar refractivity (Wildman–Crippen MR) is 147 cm³/mol. The molecule has 0 aliphatic carbocycles. The Hall–Kier alpha value is -4.55. The summed E-state index contributed by atoms with van der Waals surface area (Å²) < 4.78 is 21.5. The van der Waals surface area contributed by atoms with Crippen molar-refractivity contribution in [2.75, 3.05) is 13.7 Å². The SMILES string of the molecule is COc1ccc(C=Cc2cc(O)cc(OC3OC(COC(=O)C=Cc4ccc(O)cc4)C(O)C(O)C3O)c2)cc1O. The van der Waals surface area contributed by atoms with E-state index in [2.05, 4.69) is 0 Å². The molecule has 5 atom stereocenters. The van der Waals surface area contributed by atoms with Crippen molar-refractivity contribution in [3.63, 3.8) is 0 Å². The summed E-state index contributed by atoms with van der Waals surface area (Å²) in [7, 11) is 1.44. The molecule has 41 heavy (non-hydrogen) atoms. The van der Waals surface area contributed by atoms with E-state index in [-0.39, 0.29) is 23.0 Å². The topological polar surface area (TPSA) is 175 Å². The van der Waals surface area contributed by atoms with Crippen LogP contribution >= 0.6 is 0 Å². The number of aliphatic hydroxyl groups excluding tert-OH is 3. The molecular weight excluding hydrogens is 536 g/mol. The van der Waals surface area contributed by atoms with Gasteiger partial charge in [-0.1, -0.05) is 30.4 Å². The molecule has 3 aromatic carbocycles. The third-order valence-corrected chi connectivity index (χ3v) is 6.20. The van der Waals surface area contributed by atoms with Gasteiger partial charge in [0.2, 0.25) is 6.29 Å². The van der Waals surface area contributed by atoms with Gasteiger partial charge in [-0.05, 0) is 59.2 Å². The van der Waals surface area contributed by atoms with E-state index in [4.69, 9.17) is 18.9 Å². The number of esters is 1. The minimum Gasteiger partial charge on any atom is -0.508 e. The van der Waals surface area contributed by atoms with E-state index in [1.54, 1.807) is 36.4 Å². The number of phenolic OH excluding ortho intramolecular Hbond substituents is 3. The highest BCUT2D eigenvalue weighted by molar-refractivity contribution is 5.87. The first-order valence-corrected chi connectivity index (χ1v) is 12.5. The molecule has 1 aliphatic heterocycles. The molecular formula is C30H30O11. The quantitative estimate of drug-likeness (QED) is 0.127. The summed E-state index contributed by atoms with van der Waals surface area (Å²) in [4.78, 5) is 12.1. The molecule has 1 fully saturated rings. The van der Waals surface area contributed by atoms with Gasteiger partial charge in [-0.15, -0.1) is 0 Å². The molecule has 0 aromatic heterocycles. The molecule has 4 rings (SSSR count). The van der Waals surface area contributed by atoms with Crippen LogP contribution in [-0.4, -0.2) is 81.0 Å². The number of aromatic hydroxyl groups is 3. The first-order chi connectivity index (χ1) is 19.6. The van der Waals surface area contributed by atoms with Crippen LogP contribution in [0.4, 0.5) is 0 Å². The number of benzene rings is 3. The number of ether oxygens (including phenoxy) is 4. The second-order valence-corrected chi connectivity index (χ2v) is 9.21.